The Hall–Kier alpha value is -2.67. The number of thiophene rings is 1. The van der Waals surface area contributed by atoms with Crippen LogP contribution in [0, 0.1) is 6.92 Å². The van der Waals surface area contributed by atoms with Gasteiger partial charge in [0.05, 0.1) is 17.5 Å². The van der Waals surface area contributed by atoms with Crippen LogP contribution in [-0.2, 0) is 6.54 Å². The van der Waals surface area contributed by atoms with Gasteiger partial charge in [0.25, 0.3) is 5.56 Å². The summed E-state index contributed by atoms with van der Waals surface area (Å²) >= 11 is 1.36. The number of nitrogens with one attached hydrogen (secondary N) is 1. The third-order valence-electron chi connectivity index (χ3n) is 3.31. The van der Waals surface area contributed by atoms with Crippen LogP contribution in [0.1, 0.15) is 20.8 Å². The zero-order valence-electron chi connectivity index (χ0n) is 11.6. The van der Waals surface area contributed by atoms with E-state index in [1.165, 1.54) is 23.5 Å². The Morgan fingerprint density at radius 1 is 1.32 bits per heavy atom. The fourth-order valence-electron chi connectivity index (χ4n) is 2.30. The summed E-state index contributed by atoms with van der Waals surface area (Å²) in [5.41, 5.74) is -0.169. The Balaban J connectivity index is 2.11. The molecule has 0 aliphatic heterocycles. The van der Waals surface area contributed by atoms with Crippen LogP contribution in [-0.4, -0.2) is 20.6 Å². The van der Waals surface area contributed by atoms with Crippen LogP contribution in [0.15, 0.2) is 39.9 Å². The van der Waals surface area contributed by atoms with Crippen LogP contribution in [0.25, 0.3) is 10.2 Å². The van der Waals surface area contributed by atoms with Crippen molar-refractivity contribution in [2.45, 2.75) is 13.5 Å². The molecule has 0 bridgehead atoms. The lowest BCUT2D eigenvalue weighted by Crippen LogP contribution is -2.34. The van der Waals surface area contributed by atoms with Gasteiger partial charge < -0.3 is 5.11 Å². The number of hydrogen-bond donors (Lipinski definition) is 2. The number of carbonyl (C=O) groups is 1. The molecule has 0 fully saturated rings. The van der Waals surface area contributed by atoms with Crippen molar-refractivity contribution in [3.8, 4) is 0 Å². The minimum Gasteiger partial charge on any atom is -0.478 e. The van der Waals surface area contributed by atoms with Gasteiger partial charge in [-0.05, 0) is 30.7 Å². The molecule has 0 aliphatic carbocycles. The van der Waals surface area contributed by atoms with E-state index in [4.69, 9.17) is 5.11 Å². The number of aromatic carboxylic acids is 1. The monoisotopic (exact) mass is 316 g/mol. The number of carboxylic acid groups (broad SMARTS) is 1. The zero-order valence-corrected chi connectivity index (χ0v) is 12.4. The molecule has 0 spiro atoms. The second-order valence-corrected chi connectivity index (χ2v) is 6.18. The molecule has 0 unspecified atom stereocenters. The highest BCUT2D eigenvalue weighted by Gasteiger charge is 2.11. The van der Waals surface area contributed by atoms with Crippen LogP contribution in [0.3, 0.4) is 0 Å². The molecule has 6 nitrogen and oxygen atoms in total. The number of H-pyrrole nitrogens is 1. The number of aromatic nitrogens is 2. The third kappa shape index (κ3) is 2.46. The summed E-state index contributed by atoms with van der Waals surface area (Å²) in [6, 6.07) is 7.93. The molecular weight excluding hydrogens is 304 g/mol. The summed E-state index contributed by atoms with van der Waals surface area (Å²) in [5.74, 6) is -1.05. The highest BCUT2D eigenvalue weighted by molar-refractivity contribution is 7.18. The molecule has 0 saturated carbocycles. The van der Waals surface area contributed by atoms with Gasteiger partial charge in [-0.3, -0.25) is 14.3 Å². The molecule has 22 heavy (non-hydrogen) atoms. The molecule has 0 amide bonds. The lowest BCUT2D eigenvalue weighted by Gasteiger charge is -2.05. The van der Waals surface area contributed by atoms with Gasteiger partial charge in [-0.25, -0.2) is 9.59 Å². The first-order valence-corrected chi connectivity index (χ1v) is 7.33. The molecule has 2 heterocycles. The first-order chi connectivity index (χ1) is 10.5. The lowest BCUT2D eigenvalue weighted by atomic mass is 10.1. The van der Waals surface area contributed by atoms with Crippen molar-refractivity contribution in [3.05, 3.63) is 67.2 Å². The molecular formula is C15H12N2O4S. The van der Waals surface area contributed by atoms with E-state index in [-0.39, 0.29) is 17.7 Å². The van der Waals surface area contributed by atoms with E-state index in [9.17, 15) is 14.4 Å². The number of aromatic amines is 1. The zero-order chi connectivity index (χ0) is 15.9. The number of rotatable bonds is 3. The van der Waals surface area contributed by atoms with Gasteiger partial charge in [-0.2, -0.15) is 0 Å². The molecule has 0 saturated heterocycles. The number of aryl methyl sites for hydroxylation is 1. The van der Waals surface area contributed by atoms with Crippen molar-refractivity contribution < 1.29 is 9.90 Å². The molecule has 2 aromatic heterocycles. The molecule has 0 aliphatic rings. The van der Waals surface area contributed by atoms with Crippen molar-refractivity contribution in [1.29, 1.82) is 0 Å². The van der Waals surface area contributed by atoms with Crippen molar-refractivity contribution in [2.24, 2.45) is 0 Å². The van der Waals surface area contributed by atoms with Gasteiger partial charge in [0.1, 0.15) is 4.83 Å². The van der Waals surface area contributed by atoms with Crippen LogP contribution in [0.2, 0.25) is 0 Å². The Bertz CT molecular complexity index is 997. The van der Waals surface area contributed by atoms with E-state index >= 15 is 0 Å². The lowest BCUT2D eigenvalue weighted by molar-refractivity contribution is 0.0696. The average Bonchev–Trinajstić information content (AvgIpc) is 2.84. The number of carboxylic acids is 1. The highest BCUT2D eigenvalue weighted by Crippen LogP contribution is 2.18. The minimum atomic E-state index is -1.05. The number of nitrogens with zero attached hydrogens (tertiary/aromatic N) is 1. The van der Waals surface area contributed by atoms with E-state index in [1.54, 1.807) is 18.2 Å². The van der Waals surface area contributed by atoms with Crippen molar-refractivity contribution >= 4 is 27.5 Å². The second-order valence-electron chi connectivity index (χ2n) is 4.93. The quantitative estimate of drug-likeness (QED) is 0.771. The second kappa shape index (κ2) is 5.27. The van der Waals surface area contributed by atoms with Crippen LogP contribution in [0.5, 0.6) is 0 Å². The molecule has 0 radical (unpaired) electrons. The molecule has 1 aromatic carbocycles. The van der Waals surface area contributed by atoms with Gasteiger partial charge in [-0.15, -0.1) is 11.3 Å². The fraction of sp³-hybridized carbons (Fsp3) is 0.133. The Labute approximate surface area is 128 Å². The summed E-state index contributed by atoms with van der Waals surface area (Å²) in [7, 11) is 0. The minimum absolute atomic E-state index is 0.0279. The topological polar surface area (TPSA) is 92.2 Å². The van der Waals surface area contributed by atoms with E-state index in [0.717, 1.165) is 9.44 Å². The van der Waals surface area contributed by atoms with E-state index in [0.29, 0.717) is 15.8 Å². The van der Waals surface area contributed by atoms with Crippen molar-refractivity contribution in [1.82, 2.24) is 9.55 Å². The SMILES string of the molecule is Cc1cc2c(=O)n(Cc3cccc(C(=O)O)c3)c(=O)[nH]c2s1. The molecule has 7 heteroatoms. The van der Waals surface area contributed by atoms with Gasteiger partial charge in [0.2, 0.25) is 0 Å². The first-order valence-electron chi connectivity index (χ1n) is 6.51. The molecule has 0 atom stereocenters. The maximum Gasteiger partial charge on any atom is 0.335 e. The third-order valence-corrected chi connectivity index (χ3v) is 4.28. The normalized spacial score (nSPS) is 11.0. The molecule has 2 N–H and O–H groups in total. The molecule has 3 rings (SSSR count). The van der Waals surface area contributed by atoms with Gasteiger partial charge in [-0.1, -0.05) is 12.1 Å². The first kappa shape index (κ1) is 14.3. The largest absolute Gasteiger partial charge is 0.478 e. The Kier molecular flexibility index (Phi) is 3.42. The molecule has 3 aromatic rings. The van der Waals surface area contributed by atoms with E-state index in [1.807, 2.05) is 6.92 Å². The van der Waals surface area contributed by atoms with E-state index < -0.39 is 11.7 Å². The van der Waals surface area contributed by atoms with Gasteiger partial charge in [0.15, 0.2) is 0 Å². The predicted octanol–water partition coefficient (Wildman–Crippen LogP) is 1.81. The van der Waals surface area contributed by atoms with Gasteiger partial charge >= 0.3 is 11.7 Å². The van der Waals surface area contributed by atoms with Crippen molar-refractivity contribution in [2.75, 3.05) is 0 Å². The number of benzene rings is 1. The molecule has 112 valence electrons. The van der Waals surface area contributed by atoms with E-state index in [2.05, 4.69) is 4.98 Å². The smallest absolute Gasteiger partial charge is 0.335 e. The summed E-state index contributed by atoms with van der Waals surface area (Å²) in [6.07, 6.45) is 0. The summed E-state index contributed by atoms with van der Waals surface area (Å²) in [5, 5.41) is 9.46. The summed E-state index contributed by atoms with van der Waals surface area (Å²) in [4.78, 5) is 39.7. The summed E-state index contributed by atoms with van der Waals surface area (Å²) < 4.78 is 1.08. The number of fused-ring (bicyclic) bond motifs is 1. The van der Waals surface area contributed by atoms with Crippen LogP contribution in [0.4, 0.5) is 0 Å². The fourth-order valence-corrected chi connectivity index (χ4v) is 3.19. The highest BCUT2D eigenvalue weighted by atomic mass is 32.1. The Morgan fingerprint density at radius 2 is 2.09 bits per heavy atom. The maximum absolute atomic E-state index is 12.4. The average molecular weight is 316 g/mol. The Morgan fingerprint density at radius 3 is 2.82 bits per heavy atom. The van der Waals surface area contributed by atoms with Crippen LogP contribution >= 0.6 is 11.3 Å². The van der Waals surface area contributed by atoms with Crippen molar-refractivity contribution in [3.63, 3.8) is 0 Å². The summed E-state index contributed by atoms with van der Waals surface area (Å²) in [6.45, 7) is 1.89. The maximum atomic E-state index is 12.4. The van der Waals surface area contributed by atoms with Crippen LogP contribution < -0.4 is 11.2 Å². The number of hydrogen-bond acceptors (Lipinski definition) is 4. The standard InChI is InChI=1S/C15H12N2O4S/c1-8-5-11-12(22-8)16-15(21)17(13(11)18)7-9-3-2-4-10(6-9)14(19)20/h2-6H,7H2,1H3,(H,16,21)(H,19,20). The van der Waals surface area contributed by atoms with Gasteiger partial charge in [0, 0.05) is 4.88 Å². The predicted molar refractivity (Wildman–Crippen MR) is 83.9 cm³/mol.